The second-order valence-corrected chi connectivity index (χ2v) is 6.20. The van der Waals surface area contributed by atoms with E-state index in [0.717, 1.165) is 39.0 Å². The number of rotatable bonds is 4. The van der Waals surface area contributed by atoms with Gasteiger partial charge in [-0.3, -0.25) is 9.69 Å². The number of nitrogens with zero attached hydrogens (tertiary/aromatic N) is 2. The molecule has 1 amide bonds. The highest BCUT2D eigenvalue weighted by atomic mass is 16.2. The smallest absolute Gasteiger partial charge is 0.227 e. The first-order chi connectivity index (χ1) is 8.40. The standard InChI is InChI=1S/C14H29N3O/c1-5-6-12(11-15)13(18)16-7-9-17(10-8-16)14(2,3)4/h12H,5-11,15H2,1-4H3. The van der Waals surface area contributed by atoms with Crippen molar-refractivity contribution < 1.29 is 4.79 Å². The molecule has 1 unspecified atom stereocenters. The lowest BCUT2D eigenvalue weighted by molar-refractivity contribution is -0.138. The number of carbonyl (C=O) groups is 1. The lowest BCUT2D eigenvalue weighted by Gasteiger charge is -2.43. The number of piperazine rings is 1. The summed E-state index contributed by atoms with van der Waals surface area (Å²) in [5.41, 5.74) is 5.91. The van der Waals surface area contributed by atoms with Crippen LogP contribution in [0.25, 0.3) is 0 Å². The largest absolute Gasteiger partial charge is 0.340 e. The van der Waals surface area contributed by atoms with Gasteiger partial charge in [0.1, 0.15) is 0 Å². The van der Waals surface area contributed by atoms with Crippen molar-refractivity contribution in [3.8, 4) is 0 Å². The molecular weight excluding hydrogens is 226 g/mol. The zero-order valence-corrected chi connectivity index (χ0v) is 12.4. The summed E-state index contributed by atoms with van der Waals surface area (Å²) < 4.78 is 0. The Labute approximate surface area is 111 Å². The van der Waals surface area contributed by atoms with E-state index in [4.69, 9.17) is 5.73 Å². The van der Waals surface area contributed by atoms with Gasteiger partial charge in [-0.05, 0) is 27.2 Å². The molecule has 4 nitrogen and oxygen atoms in total. The van der Waals surface area contributed by atoms with E-state index >= 15 is 0 Å². The third-order valence-electron chi connectivity index (χ3n) is 3.81. The topological polar surface area (TPSA) is 49.6 Å². The van der Waals surface area contributed by atoms with Crippen molar-refractivity contribution in [1.29, 1.82) is 0 Å². The Bertz CT molecular complexity index is 265. The van der Waals surface area contributed by atoms with Gasteiger partial charge in [-0.2, -0.15) is 0 Å². The van der Waals surface area contributed by atoms with E-state index in [1.54, 1.807) is 0 Å². The molecule has 1 aliphatic rings. The summed E-state index contributed by atoms with van der Waals surface area (Å²) in [6.45, 7) is 12.9. The van der Waals surface area contributed by atoms with Crippen LogP contribution >= 0.6 is 0 Å². The molecule has 0 aromatic rings. The normalized spacial score (nSPS) is 19.9. The van der Waals surface area contributed by atoms with Gasteiger partial charge in [0.25, 0.3) is 0 Å². The molecule has 0 aromatic heterocycles. The average Bonchev–Trinajstić information content (AvgIpc) is 2.34. The van der Waals surface area contributed by atoms with Gasteiger partial charge in [-0.1, -0.05) is 13.3 Å². The van der Waals surface area contributed by atoms with Crippen LogP contribution < -0.4 is 5.73 Å². The highest BCUT2D eigenvalue weighted by Gasteiger charge is 2.29. The lowest BCUT2D eigenvalue weighted by atomic mass is 10.0. The molecule has 18 heavy (non-hydrogen) atoms. The van der Waals surface area contributed by atoms with Gasteiger partial charge in [-0.25, -0.2) is 0 Å². The van der Waals surface area contributed by atoms with Crippen LogP contribution in [0.3, 0.4) is 0 Å². The fraction of sp³-hybridized carbons (Fsp3) is 0.929. The predicted molar refractivity (Wildman–Crippen MR) is 75.4 cm³/mol. The van der Waals surface area contributed by atoms with Crippen LogP contribution in [0, 0.1) is 5.92 Å². The monoisotopic (exact) mass is 255 g/mol. The van der Waals surface area contributed by atoms with Crippen LogP contribution in [0.4, 0.5) is 0 Å². The summed E-state index contributed by atoms with van der Waals surface area (Å²) in [4.78, 5) is 16.7. The first kappa shape index (κ1) is 15.4. The molecule has 2 N–H and O–H groups in total. The minimum Gasteiger partial charge on any atom is -0.340 e. The third kappa shape index (κ3) is 3.95. The van der Waals surface area contributed by atoms with E-state index < -0.39 is 0 Å². The van der Waals surface area contributed by atoms with Gasteiger partial charge < -0.3 is 10.6 Å². The summed E-state index contributed by atoms with van der Waals surface area (Å²) >= 11 is 0. The van der Waals surface area contributed by atoms with Crippen molar-refractivity contribution in [3.63, 3.8) is 0 Å². The molecule has 0 aromatic carbocycles. The molecule has 1 saturated heterocycles. The van der Waals surface area contributed by atoms with Gasteiger partial charge in [0.2, 0.25) is 5.91 Å². The Morgan fingerprint density at radius 2 is 1.78 bits per heavy atom. The predicted octanol–water partition coefficient (Wildman–Crippen LogP) is 1.30. The first-order valence-electron chi connectivity index (χ1n) is 7.14. The fourth-order valence-corrected chi connectivity index (χ4v) is 2.55. The zero-order valence-electron chi connectivity index (χ0n) is 12.4. The maximum atomic E-state index is 12.3. The quantitative estimate of drug-likeness (QED) is 0.824. The summed E-state index contributed by atoms with van der Waals surface area (Å²) in [5, 5.41) is 0. The third-order valence-corrected chi connectivity index (χ3v) is 3.81. The SMILES string of the molecule is CCCC(CN)C(=O)N1CCN(C(C)(C)C)CC1. The molecule has 1 heterocycles. The molecule has 0 saturated carbocycles. The summed E-state index contributed by atoms with van der Waals surface area (Å²) in [5.74, 6) is 0.282. The van der Waals surface area contributed by atoms with Crippen LogP contribution in [-0.2, 0) is 4.79 Å². The summed E-state index contributed by atoms with van der Waals surface area (Å²) in [6.07, 6.45) is 1.93. The molecule has 4 heteroatoms. The Hall–Kier alpha value is -0.610. The number of nitrogens with two attached hydrogens (primary N) is 1. The van der Waals surface area contributed by atoms with Gasteiger partial charge in [0.15, 0.2) is 0 Å². The number of carbonyl (C=O) groups excluding carboxylic acids is 1. The fourth-order valence-electron chi connectivity index (χ4n) is 2.55. The van der Waals surface area contributed by atoms with Crippen LogP contribution in [0.5, 0.6) is 0 Å². The highest BCUT2D eigenvalue weighted by Crippen LogP contribution is 2.17. The minimum absolute atomic E-state index is 0.0242. The molecule has 1 fully saturated rings. The van der Waals surface area contributed by atoms with Gasteiger partial charge in [0, 0.05) is 38.3 Å². The average molecular weight is 255 g/mol. The van der Waals surface area contributed by atoms with Gasteiger partial charge in [-0.15, -0.1) is 0 Å². The Kier molecular flexibility index (Phi) is 5.60. The number of hydrogen-bond donors (Lipinski definition) is 1. The molecular formula is C14H29N3O. The van der Waals surface area contributed by atoms with Crippen molar-refractivity contribution in [2.75, 3.05) is 32.7 Å². The summed E-state index contributed by atoms with van der Waals surface area (Å²) in [6, 6.07) is 0. The lowest BCUT2D eigenvalue weighted by Crippen LogP contribution is -2.55. The summed E-state index contributed by atoms with van der Waals surface area (Å²) in [7, 11) is 0. The second kappa shape index (κ2) is 6.53. The van der Waals surface area contributed by atoms with Crippen molar-refractivity contribution in [2.45, 2.75) is 46.1 Å². The van der Waals surface area contributed by atoms with Crippen LogP contribution in [-0.4, -0.2) is 54.0 Å². The molecule has 1 atom stereocenters. The molecule has 0 radical (unpaired) electrons. The van der Waals surface area contributed by atoms with E-state index in [1.807, 2.05) is 4.90 Å². The van der Waals surface area contributed by atoms with Crippen molar-refractivity contribution in [1.82, 2.24) is 9.80 Å². The Morgan fingerprint density at radius 1 is 1.22 bits per heavy atom. The van der Waals surface area contributed by atoms with Crippen LogP contribution in [0.15, 0.2) is 0 Å². The molecule has 0 aliphatic carbocycles. The second-order valence-electron chi connectivity index (χ2n) is 6.20. The molecule has 0 bridgehead atoms. The molecule has 1 rings (SSSR count). The van der Waals surface area contributed by atoms with E-state index in [0.29, 0.717) is 6.54 Å². The Morgan fingerprint density at radius 3 is 2.17 bits per heavy atom. The van der Waals surface area contributed by atoms with E-state index in [2.05, 4.69) is 32.6 Å². The number of amides is 1. The Balaban J connectivity index is 2.49. The van der Waals surface area contributed by atoms with Gasteiger partial charge in [0.05, 0.1) is 5.92 Å². The molecule has 1 aliphatic heterocycles. The van der Waals surface area contributed by atoms with Crippen LogP contribution in [0.2, 0.25) is 0 Å². The van der Waals surface area contributed by atoms with Gasteiger partial charge >= 0.3 is 0 Å². The van der Waals surface area contributed by atoms with Crippen LogP contribution in [0.1, 0.15) is 40.5 Å². The molecule has 106 valence electrons. The van der Waals surface area contributed by atoms with Crippen molar-refractivity contribution in [3.05, 3.63) is 0 Å². The zero-order chi connectivity index (χ0) is 13.8. The van der Waals surface area contributed by atoms with E-state index in [-0.39, 0.29) is 17.4 Å². The molecule has 0 spiro atoms. The minimum atomic E-state index is 0.0242. The first-order valence-corrected chi connectivity index (χ1v) is 7.14. The van der Waals surface area contributed by atoms with E-state index in [1.165, 1.54) is 0 Å². The maximum absolute atomic E-state index is 12.3. The highest BCUT2D eigenvalue weighted by molar-refractivity contribution is 5.79. The maximum Gasteiger partial charge on any atom is 0.227 e. The van der Waals surface area contributed by atoms with E-state index in [9.17, 15) is 4.79 Å². The van der Waals surface area contributed by atoms with Crippen molar-refractivity contribution >= 4 is 5.91 Å². The number of hydrogen-bond acceptors (Lipinski definition) is 3. The van der Waals surface area contributed by atoms with Crippen molar-refractivity contribution in [2.24, 2.45) is 11.7 Å².